The molecule has 0 radical (unpaired) electrons. The molecular weight excluding hydrogens is 214 g/mol. The summed E-state index contributed by atoms with van der Waals surface area (Å²) in [5.74, 6) is -1.26. The van der Waals surface area contributed by atoms with E-state index in [0.29, 0.717) is 0 Å². The van der Waals surface area contributed by atoms with Gasteiger partial charge in [0, 0.05) is 6.04 Å². The Bertz CT molecular complexity index is 400. The third-order valence-electron chi connectivity index (χ3n) is 1.93. The number of nitrogens with zero attached hydrogens (tertiary/aromatic N) is 3. The Kier molecular flexibility index (Phi) is 3.44. The highest BCUT2D eigenvalue weighted by molar-refractivity contribution is 5.98. The Morgan fingerprint density at radius 3 is 2.44 bits per heavy atom. The minimum Gasteiger partial charge on any atom is -0.379 e. The van der Waals surface area contributed by atoms with Crippen LogP contribution in [0.5, 0.6) is 0 Å². The van der Waals surface area contributed by atoms with E-state index in [9.17, 15) is 9.59 Å². The van der Waals surface area contributed by atoms with Crippen LogP contribution < -0.4 is 11.5 Å². The average Bonchev–Trinajstić information content (AvgIpc) is 2.59. The molecule has 8 heteroatoms. The van der Waals surface area contributed by atoms with E-state index in [4.69, 9.17) is 11.5 Å². The van der Waals surface area contributed by atoms with Crippen molar-refractivity contribution < 1.29 is 14.2 Å². The van der Waals surface area contributed by atoms with Crippen molar-refractivity contribution in [2.75, 3.05) is 12.3 Å². The summed E-state index contributed by atoms with van der Waals surface area (Å²) in [5, 5.41) is 6.66. The lowest BCUT2D eigenvalue weighted by Crippen LogP contribution is -2.43. The van der Waals surface area contributed by atoms with Gasteiger partial charge in [-0.05, 0) is 24.2 Å². The number of nitrogen functional groups attached to an aromatic ring is 1. The normalized spacial score (nSPS) is 10.4. The second-order valence-corrected chi connectivity index (χ2v) is 3.49. The monoisotopic (exact) mass is 227 g/mol. The van der Waals surface area contributed by atoms with E-state index in [0.717, 1.165) is 0 Å². The fraction of sp³-hybridized carbons (Fsp3) is 0.500. The Hall–Kier alpha value is -2.12. The molecular formula is C8H13N5O3. The number of rotatable bonds is 4. The number of hydrogen-bond acceptors (Lipinski definition) is 6. The number of nitrogens with two attached hydrogens (primary N) is 2. The Morgan fingerprint density at radius 2 is 2.06 bits per heavy atom. The number of carbonyl (C=O) groups is 2. The molecule has 16 heavy (non-hydrogen) atoms. The number of anilines is 1. The number of carbonyl (C=O) groups excluding carboxylic acids is 2. The van der Waals surface area contributed by atoms with E-state index >= 15 is 0 Å². The predicted octanol–water partition coefficient (Wildman–Crippen LogP) is -1.01. The second kappa shape index (κ2) is 4.60. The molecule has 1 aromatic rings. The van der Waals surface area contributed by atoms with Crippen LogP contribution in [0.4, 0.5) is 5.82 Å². The molecule has 88 valence electrons. The molecule has 0 fully saturated rings. The maximum atomic E-state index is 11.9. The van der Waals surface area contributed by atoms with Crippen molar-refractivity contribution in [1.82, 2.24) is 15.2 Å². The number of aromatic nitrogens is 2. The van der Waals surface area contributed by atoms with E-state index < -0.39 is 11.8 Å². The summed E-state index contributed by atoms with van der Waals surface area (Å²) in [6.45, 7) is 3.28. The molecule has 0 aliphatic rings. The highest BCUT2D eigenvalue weighted by Crippen LogP contribution is 2.10. The molecule has 0 unspecified atom stereocenters. The summed E-state index contributed by atoms with van der Waals surface area (Å²) in [6, 6.07) is -0.212. The SMILES string of the molecule is CC(C)N(CC(N)=O)C(=O)c1nonc1N. The van der Waals surface area contributed by atoms with Gasteiger partial charge in [-0.3, -0.25) is 9.59 Å². The zero-order valence-corrected chi connectivity index (χ0v) is 9.01. The molecule has 0 spiro atoms. The van der Waals surface area contributed by atoms with Crippen LogP contribution in [-0.2, 0) is 4.79 Å². The van der Waals surface area contributed by atoms with Gasteiger partial charge >= 0.3 is 0 Å². The van der Waals surface area contributed by atoms with Gasteiger partial charge in [0.1, 0.15) is 0 Å². The van der Waals surface area contributed by atoms with Crippen LogP contribution in [0.1, 0.15) is 24.3 Å². The predicted molar refractivity (Wildman–Crippen MR) is 54.1 cm³/mol. The lowest BCUT2D eigenvalue weighted by Gasteiger charge is -2.23. The van der Waals surface area contributed by atoms with Crippen molar-refractivity contribution in [2.45, 2.75) is 19.9 Å². The zero-order valence-electron chi connectivity index (χ0n) is 9.01. The van der Waals surface area contributed by atoms with E-state index in [1.54, 1.807) is 13.8 Å². The van der Waals surface area contributed by atoms with Gasteiger partial charge in [-0.15, -0.1) is 0 Å². The third-order valence-corrected chi connectivity index (χ3v) is 1.93. The van der Waals surface area contributed by atoms with Gasteiger partial charge < -0.3 is 16.4 Å². The molecule has 0 bridgehead atoms. The quantitative estimate of drug-likeness (QED) is 0.677. The summed E-state index contributed by atoms with van der Waals surface area (Å²) in [4.78, 5) is 23.9. The van der Waals surface area contributed by atoms with Crippen molar-refractivity contribution >= 4 is 17.6 Å². The van der Waals surface area contributed by atoms with Crippen molar-refractivity contribution in [2.24, 2.45) is 5.73 Å². The van der Waals surface area contributed by atoms with Crippen molar-refractivity contribution in [3.63, 3.8) is 0 Å². The summed E-state index contributed by atoms with van der Waals surface area (Å²) < 4.78 is 4.31. The van der Waals surface area contributed by atoms with E-state index in [2.05, 4.69) is 14.9 Å². The summed E-state index contributed by atoms with van der Waals surface area (Å²) in [5.41, 5.74) is 10.3. The molecule has 4 N–H and O–H groups in total. The lowest BCUT2D eigenvalue weighted by molar-refractivity contribution is -0.119. The van der Waals surface area contributed by atoms with Gasteiger partial charge in [0.25, 0.3) is 5.91 Å². The topological polar surface area (TPSA) is 128 Å². The molecule has 0 aliphatic carbocycles. The first-order valence-corrected chi connectivity index (χ1v) is 4.60. The largest absolute Gasteiger partial charge is 0.379 e. The second-order valence-electron chi connectivity index (χ2n) is 3.49. The maximum Gasteiger partial charge on any atom is 0.280 e. The van der Waals surface area contributed by atoms with Gasteiger partial charge in [-0.1, -0.05) is 0 Å². The van der Waals surface area contributed by atoms with Crippen molar-refractivity contribution in [3.05, 3.63) is 5.69 Å². The number of hydrogen-bond donors (Lipinski definition) is 2. The Morgan fingerprint density at radius 1 is 1.44 bits per heavy atom. The minimum absolute atomic E-state index is 0.111. The third kappa shape index (κ3) is 2.47. The van der Waals surface area contributed by atoms with E-state index in [-0.39, 0.29) is 24.1 Å². The van der Waals surface area contributed by atoms with E-state index in [1.807, 2.05) is 0 Å². The van der Waals surface area contributed by atoms with Crippen LogP contribution in [0.25, 0.3) is 0 Å². The lowest BCUT2D eigenvalue weighted by atomic mass is 10.2. The first-order chi connectivity index (χ1) is 7.43. The van der Waals surface area contributed by atoms with Crippen LogP contribution in [-0.4, -0.2) is 39.6 Å². The maximum absolute atomic E-state index is 11.9. The first kappa shape index (κ1) is 12.0. The van der Waals surface area contributed by atoms with Crippen LogP contribution in [0.3, 0.4) is 0 Å². The summed E-state index contributed by atoms with van der Waals surface area (Å²) in [7, 11) is 0. The smallest absolute Gasteiger partial charge is 0.280 e. The molecule has 1 heterocycles. The molecule has 0 aromatic carbocycles. The Balaban J connectivity index is 2.92. The highest BCUT2D eigenvalue weighted by Gasteiger charge is 2.25. The molecule has 2 amide bonds. The zero-order chi connectivity index (χ0) is 12.3. The molecule has 8 nitrogen and oxygen atoms in total. The fourth-order valence-electron chi connectivity index (χ4n) is 1.14. The van der Waals surface area contributed by atoms with Gasteiger partial charge in [0.15, 0.2) is 0 Å². The summed E-state index contributed by atoms with van der Waals surface area (Å²) >= 11 is 0. The number of primary amides is 1. The average molecular weight is 227 g/mol. The Labute approximate surface area is 91.5 Å². The van der Waals surface area contributed by atoms with Crippen molar-refractivity contribution in [3.8, 4) is 0 Å². The molecule has 1 aromatic heterocycles. The van der Waals surface area contributed by atoms with Crippen LogP contribution in [0.2, 0.25) is 0 Å². The van der Waals surface area contributed by atoms with Gasteiger partial charge in [-0.25, -0.2) is 4.63 Å². The van der Waals surface area contributed by atoms with Crippen LogP contribution in [0.15, 0.2) is 4.63 Å². The minimum atomic E-state index is -0.614. The standard InChI is InChI=1S/C8H13N5O3/c1-4(2)13(3-5(9)14)8(15)6-7(10)12-16-11-6/h4H,3H2,1-2H3,(H2,9,14)(H2,10,12). The molecule has 0 aliphatic heterocycles. The number of amides is 2. The van der Waals surface area contributed by atoms with Crippen LogP contribution in [0, 0.1) is 0 Å². The first-order valence-electron chi connectivity index (χ1n) is 4.60. The summed E-state index contributed by atoms with van der Waals surface area (Å²) in [6.07, 6.45) is 0. The molecule has 0 saturated heterocycles. The molecule has 0 saturated carbocycles. The van der Waals surface area contributed by atoms with E-state index in [1.165, 1.54) is 4.90 Å². The highest BCUT2D eigenvalue weighted by atomic mass is 16.6. The molecule has 1 rings (SSSR count). The molecule has 0 atom stereocenters. The van der Waals surface area contributed by atoms with Crippen LogP contribution >= 0.6 is 0 Å². The van der Waals surface area contributed by atoms with Gasteiger partial charge in [0.2, 0.25) is 17.4 Å². The van der Waals surface area contributed by atoms with Gasteiger partial charge in [0.05, 0.1) is 6.54 Å². The van der Waals surface area contributed by atoms with Crippen molar-refractivity contribution in [1.29, 1.82) is 0 Å². The van der Waals surface area contributed by atoms with Gasteiger partial charge in [-0.2, -0.15) is 0 Å². The fourth-order valence-corrected chi connectivity index (χ4v) is 1.14.